The molecule has 2 aliphatic rings. The summed E-state index contributed by atoms with van der Waals surface area (Å²) in [5, 5.41) is 3.75. The summed E-state index contributed by atoms with van der Waals surface area (Å²) >= 11 is 0. The van der Waals surface area contributed by atoms with E-state index in [1.807, 2.05) is 10.4 Å². The van der Waals surface area contributed by atoms with E-state index in [0.29, 0.717) is 0 Å². The van der Waals surface area contributed by atoms with E-state index in [1.54, 1.807) is 0 Å². The Labute approximate surface area is 96.7 Å². The Morgan fingerprint density at radius 3 is 1.73 bits per heavy atom. The van der Waals surface area contributed by atoms with E-state index in [-0.39, 0.29) is 9.52 Å². The van der Waals surface area contributed by atoms with Crippen LogP contribution in [-0.4, -0.2) is 9.52 Å². The first kappa shape index (κ1) is 11.2. The highest BCUT2D eigenvalue weighted by Gasteiger charge is 2.08. The van der Waals surface area contributed by atoms with Gasteiger partial charge < -0.3 is 0 Å². The second-order valence-corrected chi connectivity index (χ2v) is 7.27. The smallest absolute Gasteiger partial charge is 0.0765 e. The molecule has 15 heavy (non-hydrogen) atoms. The average Bonchev–Trinajstić information content (AvgIpc) is 2.63. The largest absolute Gasteiger partial charge is 0.0894 e. The van der Waals surface area contributed by atoms with Gasteiger partial charge in [0.15, 0.2) is 0 Å². The lowest BCUT2D eigenvalue weighted by molar-refractivity contribution is 0.713. The van der Waals surface area contributed by atoms with Gasteiger partial charge in [0.25, 0.3) is 0 Å². The SMILES string of the molecule is C1=C([SiH2]C2=CCCCCC2)CCCCC1. The van der Waals surface area contributed by atoms with Crippen molar-refractivity contribution in [2.24, 2.45) is 0 Å². The van der Waals surface area contributed by atoms with Crippen LogP contribution in [0.1, 0.15) is 64.2 Å². The molecule has 0 N–H and O–H groups in total. The fourth-order valence-corrected chi connectivity index (χ4v) is 4.91. The zero-order valence-corrected chi connectivity index (χ0v) is 11.3. The molecule has 0 saturated carbocycles. The summed E-state index contributed by atoms with van der Waals surface area (Å²) in [4.78, 5) is 0. The predicted molar refractivity (Wildman–Crippen MR) is 70.9 cm³/mol. The summed E-state index contributed by atoms with van der Waals surface area (Å²) in [6.07, 6.45) is 19.5. The molecule has 0 nitrogen and oxygen atoms in total. The lowest BCUT2D eigenvalue weighted by Crippen LogP contribution is -2.01. The number of rotatable bonds is 2. The van der Waals surface area contributed by atoms with Crippen LogP contribution < -0.4 is 0 Å². The highest BCUT2D eigenvalue weighted by molar-refractivity contribution is 6.53. The van der Waals surface area contributed by atoms with Crippen LogP contribution >= 0.6 is 0 Å². The molecule has 0 amide bonds. The van der Waals surface area contributed by atoms with Gasteiger partial charge in [-0.15, -0.1) is 0 Å². The van der Waals surface area contributed by atoms with Crippen LogP contribution in [0.2, 0.25) is 0 Å². The molecule has 0 spiro atoms. The molecule has 0 aromatic carbocycles. The van der Waals surface area contributed by atoms with E-state index in [2.05, 4.69) is 12.2 Å². The molecule has 0 heterocycles. The van der Waals surface area contributed by atoms with Gasteiger partial charge in [-0.3, -0.25) is 0 Å². The van der Waals surface area contributed by atoms with Crippen molar-refractivity contribution in [2.45, 2.75) is 64.2 Å². The Balaban J connectivity index is 1.88. The van der Waals surface area contributed by atoms with Gasteiger partial charge in [0.1, 0.15) is 0 Å². The molecule has 1 heteroatoms. The van der Waals surface area contributed by atoms with E-state index in [4.69, 9.17) is 0 Å². The first-order valence-electron chi connectivity index (χ1n) is 6.81. The van der Waals surface area contributed by atoms with Crippen molar-refractivity contribution in [1.29, 1.82) is 0 Å². The monoisotopic (exact) mass is 220 g/mol. The van der Waals surface area contributed by atoms with Crippen molar-refractivity contribution < 1.29 is 0 Å². The molecule has 0 fully saturated rings. The number of allylic oxidation sites excluding steroid dienone is 4. The molecule has 0 atom stereocenters. The molecule has 0 aliphatic heterocycles. The minimum absolute atomic E-state index is 0.00247. The topological polar surface area (TPSA) is 0 Å². The fourth-order valence-electron chi connectivity index (χ4n) is 2.78. The average molecular weight is 220 g/mol. The van der Waals surface area contributed by atoms with Crippen molar-refractivity contribution in [3.63, 3.8) is 0 Å². The highest BCUT2D eigenvalue weighted by atomic mass is 28.2. The summed E-state index contributed by atoms with van der Waals surface area (Å²) in [7, 11) is -0.00247. The summed E-state index contributed by atoms with van der Waals surface area (Å²) in [5.41, 5.74) is 0. The molecular formula is C14H24Si. The van der Waals surface area contributed by atoms with Crippen LogP contribution in [-0.2, 0) is 0 Å². The van der Waals surface area contributed by atoms with Crippen molar-refractivity contribution in [2.75, 3.05) is 0 Å². The van der Waals surface area contributed by atoms with E-state index in [9.17, 15) is 0 Å². The lowest BCUT2D eigenvalue weighted by Gasteiger charge is -2.07. The van der Waals surface area contributed by atoms with Crippen LogP contribution in [0.5, 0.6) is 0 Å². The van der Waals surface area contributed by atoms with Gasteiger partial charge in [0, 0.05) is 0 Å². The number of hydrogen-bond donors (Lipinski definition) is 0. The minimum Gasteiger partial charge on any atom is -0.0894 e. The molecule has 84 valence electrons. The predicted octanol–water partition coefficient (Wildman–Crippen LogP) is 3.85. The maximum absolute atomic E-state index is 2.59. The van der Waals surface area contributed by atoms with E-state index in [1.165, 1.54) is 64.2 Å². The molecule has 2 aliphatic carbocycles. The molecule has 0 radical (unpaired) electrons. The Bertz CT molecular complexity index is 224. The molecule has 0 bridgehead atoms. The van der Waals surface area contributed by atoms with Crippen molar-refractivity contribution in [1.82, 2.24) is 0 Å². The van der Waals surface area contributed by atoms with Gasteiger partial charge in [0.2, 0.25) is 0 Å². The standard InChI is InChI=1S/C14H24Si/c1-2-6-10-13(9-5-1)15-14-11-7-3-4-8-12-14/h9,11H,1-8,10,12,15H2. The summed E-state index contributed by atoms with van der Waals surface area (Å²) < 4.78 is 0. The Morgan fingerprint density at radius 2 is 1.20 bits per heavy atom. The first-order valence-corrected chi connectivity index (χ1v) is 8.22. The molecule has 0 aromatic heterocycles. The van der Waals surface area contributed by atoms with Gasteiger partial charge in [-0.1, -0.05) is 35.4 Å². The molecular weight excluding hydrogens is 196 g/mol. The zero-order chi connectivity index (χ0) is 10.3. The Morgan fingerprint density at radius 1 is 0.667 bits per heavy atom. The second-order valence-electron chi connectivity index (χ2n) is 5.10. The first-order chi connectivity index (χ1) is 7.45. The van der Waals surface area contributed by atoms with E-state index < -0.39 is 0 Å². The molecule has 0 unspecified atom stereocenters. The van der Waals surface area contributed by atoms with Crippen LogP contribution in [0.4, 0.5) is 0 Å². The third kappa shape index (κ3) is 3.98. The summed E-state index contributed by atoms with van der Waals surface area (Å²) in [6, 6.07) is 0. The quantitative estimate of drug-likeness (QED) is 0.620. The van der Waals surface area contributed by atoms with E-state index >= 15 is 0 Å². The normalized spacial score (nSPS) is 23.7. The van der Waals surface area contributed by atoms with Crippen LogP contribution in [0.15, 0.2) is 22.5 Å². The third-order valence-corrected chi connectivity index (χ3v) is 5.92. The highest BCUT2D eigenvalue weighted by Crippen LogP contribution is 2.22. The summed E-state index contributed by atoms with van der Waals surface area (Å²) in [5.74, 6) is 0. The maximum Gasteiger partial charge on any atom is 0.0765 e. The van der Waals surface area contributed by atoms with Crippen molar-refractivity contribution >= 4 is 9.52 Å². The van der Waals surface area contributed by atoms with E-state index in [0.717, 1.165) is 0 Å². The van der Waals surface area contributed by atoms with Gasteiger partial charge in [0.05, 0.1) is 9.52 Å². The van der Waals surface area contributed by atoms with Crippen molar-refractivity contribution in [3.05, 3.63) is 22.5 Å². The van der Waals surface area contributed by atoms with Gasteiger partial charge in [-0.2, -0.15) is 0 Å². The summed E-state index contributed by atoms with van der Waals surface area (Å²) in [6.45, 7) is 0. The fraction of sp³-hybridized carbons (Fsp3) is 0.714. The Hall–Kier alpha value is -0.303. The lowest BCUT2D eigenvalue weighted by atomic mass is 10.2. The molecule has 0 aromatic rings. The Kier molecular flexibility index (Phi) is 4.71. The van der Waals surface area contributed by atoms with Gasteiger partial charge >= 0.3 is 0 Å². The minimum atomic E-state index is -0.00247. The van der Waals surface area contributed by atoms with Crippen molar-refractivity contribution in [3.8, 4) is 0 Å². The molecule has 0 saturated heterocycles. The van der Waals surface area contributed by atoms with Gasteiger partial charge in [-0.05, 0) is 51.4 Å². The second kappa shape index (κ2) is 6.32. The van der Waals surface area contributed by atoms with Crippen LogP contribution in [0.25, 0.3) is 0 Å². The third-order valence-electron chi connectivity index (χ3n) is 3.72. The number of hydrogen-bond acceptors (Lipinski definition) is 0. The van der Waals surface area contributed by atoms with Gasteiger partial charge in [-0.25, -0.2) is 0 Å². The maximum atomic E-state index is 2.59. The van der Waals surface area contributed by atoms with Crippen LogP contribution in [0, 0.1) is 0 Å². The zero-order valence-electron chi connectivity index (χ0n) is 9.93. The van der Waals surface area contributed by atoms with Crippen LogP contribution in [0.3, 0.4) is 0 Å². The molecule has 2 rings (SSSR count).